The largest absolute Gasteiger partial charge is 0.300 e. The Morgan fingerprint density at radius 3 is 2.29 bits per heavy atom. The monoisotopic (exact) mass is 197 g/mol. The third-order valence-electron chi connectivity index (χ3n) is 2.16. The summed E-state index contributed by atoms with van der Waals surface area (Å²) in [5.74, 6) is 0.145. The highest BCUT2D eigenvalue weighted by Gasteiger charge is 2.07. The van der Waals surface area contributed by atoms with Gasteiger partial charge in [-0.15, -0.1) is 0 Å². The van der Waals surface area contributed by atoms with Gasteiger partial charge in [-0.3, -0.25) is 9.69 Å². The second-order valence-corrected chi connectivity index (χ2v) is 3.37. The number of nitrogens with zero attached hydrogens (tertiary/aromatic N) is 1. The van der Waals surface area contributed by atoms with Gasteiger partial charge in [-0.2, -0.15) is 0 Å². The first-order valence-corrected chi connectivity index (χ1v) is 5.68. The standard InChI is InChI=1S/C10H17NO.C2H6/c1-10(12)6-5-9-11-7-3-2-4-8-11;1-2/h5-6H,2-4,7-9H2,1H3;1-2H3/b6-5+;. The molecule has 0 unspecified atom stereocenters. The van der Waals surface area contributed by atoms with Crippen LogP contribution in [0.1, 0.15) is 40.0 Å². The topological polar surface area (TPSA) is 20.3 Å². The number of ketones is 1. The minimum Gasteiger partial charge on any atom is -0.300 e. The van der Waals surface area contributed by atoms with E-state index in [1.807, 2.05) is 19.9 Å². The molecule has 0 aliphatic carbocycles. The molecule has 1 rings (SSSR count). The van der Waals surface area contributed by atoms with Crippen molar-refractivity contribution in [2.45, 2.75) is 40.0 Å². The summed E-state index contributed by atoms with van der Waals surface area (Å²) < 4.78 is 0. The molecule has 0 radical (unpaired) electrons. The van der Waals surface area contributed by atoms with Crippen molar-refractivity contribution in [2.75, 3.05) is 19.6 Å². The minimum atomic E-state index is 0.145. The lowest BCUT2D eigenvalue weighted by molar-refractivity contribution is -0.112. The number of likely N-dealkylation sites (tertiary alicyclic amines) is 1. The van der Waals surface area contributed by atoms with E-state index >= 15 is 0 Å². The van der Waals surface area contributed by atoms with E-state index in [9.17, 15) is 4.79 Å². The predicted octanol–water partition coefficient (Wildman–Crippen LogP) is 2.64. The highest BCUT2D eigenvalue weighted by molar-refractivity contribution is 5.87. The first kappa shape index (κ1) is 13.4. The van der Waals surface area contributed by atoms with Crippen LogP contribution < -0.4 is 0 Å². The number of carbonyl (C=O) groups is 1. The van der Waals surface area contributed by atoms with Gasteiger partial charge >= 0.3 is 0 Å². The number of carbonyl (C=O) groups excluding carboxylic acids is 1. The molecule has 0 saturated carbocycles. The summed E-state index contributed by atoms with van der Waals surface area (Å²) in [4.78, 5) is 13.0. The Labute approximate surface area is 88.0 Å². The van der Waals surface area contributed by atoms with Crippen molar-refractivity contribution < 1.29 is 4.79 Å². The maximum atomic E-state index is 10.6. The maximum absolute atomic E-state index is 10.6. The van der Waals surface area contributed by atoms with Gasteiger partial charge < -0.3 is 0 Å². The normalized spacial score (nSPS) is 17.6. The molecule has 2 nitrogen and oxygen atoms in total. The molecule has 1 aliphatic rings. The molecule has 1 heterocycles. The van der Waals surface area contributed by atoms with Crippen molar-refractivity contribution in [3.63, 3.8) is 0 Å². The van der Waals surface area contributed by atoms with E-state index < -0.39 is 0 Å². The van der Waals surface area contributed by atoms with Gasteiger partial charge in [0.2, 0.25) is 0 Å². The van der Waals surface area contributed by atoms with Gasteiger partial charge in [0.1, 0.15) is 0 Å². The summed E-state index contributed by atoms with van der Waals surface area (Å²) in [6, 6.07) is 0. The van der Waals surface area contributed by atoms with Crippen LogP contribution in [0.2, 0.25) is 0 Å². The van der Waals surface area contributed by atoms with Crippen molar-refractivity contribution in [1.82, 2.24) is 4.90 Å². The number of hydrogen-bond acceptors (Lipinski definition) is 2. The Kier molecular flexibility index (Phi) is 8.54. The van der Waals surface area contributed by atoms with E-state index in [0.29, 0.717) is 0 Å². The van der Waals surface area contributed by atoms with Crippen LogP contribution in [-0.4, -0.2) is 30.3 Å². The third-order valence-corrected chi connectivity index (χ3v) is 2.16. The summed E-state index contributed by atoms with van der Waals surface area (Å²) in [7, 11) is 0. The zero-order valence-corrected chi connectivity index (χ0v) is 9.75. The Morgan fingerprint density at radius 1 is 1.21 bits per heavy atom. The molecular formula is C12H23NO. The first-order valence-electron chi connectivity index (χ1n) is 5.68. The van der Waals surface area contributed by atoms with Gasteiger partial charge in [0.05, 0.1) is 0 Å². The van der Waals surface area contributed by atoms with Crippen molar-refractivity contribution in [2.24, 2.45) is 0 Å². The van der Waals surface area contributed by atoms with Gasteiger partial charge in [0.25, 0.3) is 0 Å². The molecule has 0 atom stereocenters. The highest BCUT2D eigenvalue weighted by atomic mass is 16.1. The molecule has 14 heavy (non-hydrogen) atoms. The SMILES string of the molecule is CC.CC(=O)/C=C/CN1CCCCC1. The number of rotatable bonds is 3. The molecule has 0 amide bonds. The van der Waals surface area contributed by atoms with Gasteiger partial charge in [-0.05, 0) is 38.9 Å². The third kappa shape index (κ3) is 6.84. The number of piperidine rings is 1. The van der Waals surface area contributed by atoms with Gasteiger partial charge in [0, 0.05) is 6.54 Å². The fourth-order valence-electron chi connectivity index (χ4n) is 1.51. The van der Waals surface area contributed by atoms with Crippen LogP contribution in [0.15, 0.2) is 12.2 Å². The fourth-order valence-corrected chi connectivity index (χ4v) is 1.51. The molecule has 0 bridgehead atoms. The van der Waals surface area contributed by atoms with Gasteiger partial charge in [-0.1, -0.05) is 26.3 Å². The first-order chi connectivity index (χ1) is 6.79. The lowest BCUT2D eigenvalue weighted by Crippen LogP contribution is -2.29. The van der Waals surface area contributed by atoms with Gasteiger partial charge in [-0.25, -0.2) is 0 Å². The lowest BCUT2D eigenvalue weighted by atomic mass is 10.1. The number of hydrogen-bond donors (Lipinski definition) is 0. The molecule has 0 aromatic rings. The van der Waals surface area contributed by atoms with Crippen molar-refractivity contribution >= 4 is 5.78 Å². The fraction of sp³-hybridized carbons (Fsp3) is 0.750. The van der Waals surface area contributed by atoms with E-state index in [1.165, 1.54) is 32.4 Å². The van der Waals surface area contributed by atoms with E-state index in [0.717, 1.165) is 6.54 Å². The van der Waals surface area contributed by atoms with Crippen LogP contribution in [0.4, 0.5) is 0 Å². The summed E-state index contributed by atoms with van der Waals surface area (Å²) >= 11 is 0. The number of allylic oxidation sites excluding steroid dienone is 1. The summed E-state index contributed by atoms with van der Waals surface area (Å²) in [5, 5.41) is 0. The van der Waals surface area contributed by atoms with Crippen molar-refractivity contribution in [3.05, 3.63) is 12.2 Å². The van der Waals surface area contributed by atoms with Crippen molar-refractivity contribution in [3.8, 4) is 0 Å². The Morgan fingerprint density at radius 2 is 1.79 bits per heavy atom. The molecule has 0 aromatic carbocycles. The van der Waals surface area contributed by atoms with E-state index in [4.69, 9.17) is 0 Å². The molecule has 2 heteroatoms. The second kappa shape index (κ2) is 8.95. The molecule has 82 valence electrons. The van der Waals surface area contributed by atoms with Crippen LogP contribution in [-0.2, 0) is 4.79 Å². The maximum Gasteiger partial charge on any atom is 0.152 e. The van der Waals surface area contributed by atoms with Crippen LogP contribution in [0, 0.1) is 0 Å². The molecule has 1 aliphatic heterocycles. The Balaban J connectivity index is 0.000000791. The molecular weight excluding hydrogens is 174 g/mol. The molecule has 0 aromatic heterocycles. The zero-order valence-electron chi connectivity index (χ0n) is 9.75. The summed E-state index contributed by atoms with van der Waals surface area (Å²) in [6.45, 7) is 8.93. The van der Waals surface area contributed by atoms with E-state index in [1.54, 1.807) is 13.0 Å². The van der Waals surface area contributed by atoms with Gasteiger partial charge in [0.15, 0.2) is 5.78 Å². The van der Waals surface area contributed by atoms with Crippen LogP contribution in [0.5, 0.6) is 0 Å². The molecule has 0 N–H and O–H groups in total. The molecule has 1 saturated heterocycles. The predicted molar refractivity (Wildman–Crippen MR) is 61.5 cm³/mol. The summed E-state index contributed by atoms with van der Waals surface area (Å²) in [6.07, 6.45) is 7.62. The Bertz CT molecular complexity index is 169. The minimum absolute atomic E-state index is 0.145. The van der Waals surface area contributed by atoms with Crippen molar-refractivity contribution in [1.29, 1.82) is 0 Å². The smallest absolute Gasteiger partial charge is 0.152 e. The van der Waals surface area contributed by atoms with Crippen LogP contribution in [0.25, 0.3) is 0 Å². The zero-order chi connectivity index (χ0) is 10.8. The highest BCUT2D eigenvalue weighted by Crippen LogP contribution is 2.07. The van der Waals surface area contributed by atoms with Crippen LogP contribution in [0.3, 0.4) is 0 Å². The average molecular weight is 197 g/mol. The summed E-state index contributed by atoms with van der Waals surface area (Å²) in [5.41, 5.74) is 0. The van der Waals surface area contributed by atoms with Crippen LogP contribution >= 0.6 is 0 Å². The molecule has 1 fully saturated rings. The van der Waals surface area contributed by atoms with E-state index in [-0.39, 0.29) is 5.78 Å². The lowest BCUT2D eigenvalue weighted by Gasteiger charge is -2.24. The van der Waals surface area contributed by atoms with E-state index in [2.05, 4.69) is 4.90 Å². The second-order valence-electron chi connectivity index (χ2n) is 3.37. The molecule has 0 spiro atoms. The average Bonchev–Trinajstić information content (AvgIpc) is 2.22. The quantitative estimate of drug-likeness (QED) is 0.648. The Hall–Kier alpha value is -0.630.